The number of aromatic amines is 1. The van der Waals surface area contributed by atoms with Crippen LogP contribution in [0.5, 0.6) is 0 Å². The first kappa shape index (κ1) is 17.7. The number of hydrogen-bond acceptors (Lipinski definition) is 8. The summed E-state index contributed by atoms with van der Waals surface area (Å²) in [5, 5.41) is 16.0. The first-order valence-corrected chi connectivity index (χ1v) is 9.78. The molecule has 0 amide bonds. The van der Waals surface area contributed by atoms with Gasteiger partial charge >= 0.3 is 0 Å². The number of rotatable bonds is 5. The van der Waals surface area contributed by atoms with Crippen LogP contribution in [0.3, 0.4) is 0 Å². The van der Waals surface area contributed by atoms with Crippen molar-refractivity contribution < 1.29 is 8.94 Å². The average molecular weight is 427 g/mol. The number of hydrogen-bond donors (Lipinski definition) is 1. The third kappa shape index (κ3) is 3.32. The number of nitrogens with zero attached hydrogens (tertiary/aromatic N) is 5. The third-order valence-corrected chi connectivity index (χ3v) is 5.30. The summed E-state index contributed by atoms with van der Waals surface area (Å²) < 4.78 is 12.1. The highest BCUT2D eigenvalue weighted by Gasteiger charge is 2.16. The van der Waals surface area contributed by atoms with Crippen molar-refractivity contribution in [3.63, 3.8) is 0 Å². The van der Waals surface area contributed by atoms with Crippen LogP contribution in [-0.2, 0) is 5.75 Å². The van der Waals surface area contributed by atoms with E-state index in [9.17, 15) is 4.79 Å². The van der Waals surface area contributed by atoms with E-state index in [1.54, 1.807) is 30.5 Å². The molecule has 0 fully saturated rings. The second-order valence-corrected chi connectivity index (χ2v) is 7.27. The highest BCUT2D eigenvalue weighted by molar-refractivity contribution is 7.98. The molecule has 5 rings (SSSR count). The lowest BCUT2D eigenvalue weighted by atomic mass is 10.2. The SMILES string of the molecule is O=c1[nH]nc(SCc2nc(-c3ccccc3Cl)no2)n2nc(-c3ccco3)cc12. The largest absolute Gasteiger partial charge is 0.463 e. The van der Waals surface area contributed by atoms with Gasteiger partial charge < -0.3 is 8.94 Å². The molecule has 1 N–H and O–H groups in total. The Morgan fingerprint density at radius 2 is 2.10 bits per heavy atom. The Morgan fingerprint density at radius 1 is 1.21 bits per heavy atom. The Labute approximate surface area is 171 Å². The minimum Gasteiger partial charge on any atom is -0.463 e. The van der Waals surface area contributed by atoms with Crippen molar-refractivity contribution in [2.45, 2.75) is 10.9 Å². The number of halogens is 1. The van der Waals surface area contributed by atoms with Crippen molar-refractivity contribution in [1.29, 1.82) is 0 Å². The second kappa shape index (κ2) is 7.22. The van der Waals surface area contributed by atoms with Gasteiger partial charge in [-0.15, -0.1) is 5.10 Å². The fraction of sp³-hybridized carbons (Fsp3) is 0.0556. The van der Waals surface area contributed by atoms with Gasteiger partial charge in [0.15, 0.2) is 5.76 Å². The van der Waals surface area contributed by atoms with E-state index in [0.717, 1.165) is 0 Å². The first-order chi connectivity index (χ1) is 14.2. The molecule has 144 valence electrons. The molecule has 0 aliphatic heterocycles. The molecule has 0 saturated carbocycles. The summed E-state index contributed by atoms with van der Waals surface area (Å²) in [7, 11) is 0. The highest BCUT2D eigenvalue weighted by atomic mass is 35.5. The first-order valence-electron chi connectivity index (χ1n) is 8.41. The van der Waals surface area contributed by atoms with Gasteiger partial charge in [-0.1, -0.05) is 40.7 Å². The minimum atomic E-state index is -0.349. The summed E-state index contributed by atoms with van der Waals surface area (Å²) in [6.07, 6.45) is 1.55. The molecule has 5 aromatic rings. The third-order valence-electron chi connectivity index (χ3n) is 4.06. The standard InChI is InChI=1S/C18H11ClN6O3S/c19-11-5-2-1-4-10(11)16-20-15(28-24-16)9-29-18-22-21-17(26)13-8-12(23-25(13)18)14-6-3-7-27-14/h1-8H,9H2,(H,21,26). The molecule has 29 heavy (non-hydrogen) atoms. The molecule has 0 atom stereocenters. The van der Waals surface area contributed by atoms with E-state index in [-0.39, 0.29) is 5.56 Å². The van der Waals surface area contributed by atoms with E-state index in [0.29, 0.717) is 50.2 Å². The monoisotopic (exact) mass is 426 g/mol. The van der Waals surface area contributed by atoms with E-state index in [4.69, 9.17) is 20.5 Å². The number of fused-ring (bicyclic) bond motifs is 1. The van der Waals surface area contributed by atoms with Crippen LogP contribution in [-0.4, -0.2) is 30.0 Å². The molecule has 4 aromatic heterocycles. The fourth-order valence-corrected chi connectivity index (χ4v) is 3.68. The quantitative estimate of drug-likeness (QED) is 0.423. The molecule has 0 aliphatic carbocycles. The lowest BCUT2D eigenvalue weighted by molar-refractivity contribution is 0.391. The van der Waals surface area contributed by atoms with Crippen LogP contribution in [0.15, 0.2) is 67.6 Å². The zero-order chi connectivity index (χ0) is 19.8. The molecule has 0 radical (unpaired) electrons. The molecule has 0 bridgehead atoms. The Morgan fingerprint density at radius 3 is 2.93 bits per heavy atom. The maximum absolute atomic E-state index is 12.1. The van der Waals surface area contributed by atoms with Gasteiger partial charge in [0.25, 0.3) is 5.56 Å². The molecule has 9 nitrogen and oxygen atoms in total. The zero-order valence-electron chi connectivity index (χ0n) is 14.6. The van der Waals surface area contributed by atoms with E-state index in [1.807, 2.05) is 18.2 Å². The average Bonchev–Trinajstić information content (AvgIpc) is 3.48. The second-order valence-electron chi connectivity index (χ2n) is 5.92. The van der Waals surface area contributed by atoms with Gasteiger partial charge in [-0.3, -0.25) is 4.79 Å². The van der Waals surface area contributed by atoms with Crippen LogP contribution < -0.4 is 5.56 Å². The van der Waals surface area contributed by atoms with Crippen molar-refractivity contribution in [1.82, 2.24) is 30.0 Å². The van der Waals surface area contributed by atoms with Crippen LogP contribution >= 0.6 is 23.4 Å². The number of H-pyrrole nitrogens is 1. The van der Waals surface area contributed by atoms with E-state index in [1.165, 1.54) is 16.3 Å². The van der Waals surface area contributed by atoms with Crippen molar-refractivity contribution in [2.24, 2.45) is 0 Å². The smallest absolute Gasteiger partial charge is 0.290 e. The molecular weight excluding hydrogens is 416 g/mol. The van der Waals surface area contributed by atoms with Gasteiger partial charge in [0.05, 0.1) is 17.0 Å². The summed E-state index contributed by atoms with van der Waals surface area (Å²) in [6.45, 7) is 0. The lowest BCUT2D eigenvalue weighted by Crippen LogP contribution is -2.13. The van der Waals surface area contributed by atoms with Crippen LogP contribution in [0.1, 0.15) is 5.89 Å². The Hall–Kier alpha value is -3.37. The molecule has 0 saturated heterocycles. The molecule has 1 aromatic carbocycles. The predicted molar refractivity (Wildman–Crippen MR) is 106 cm³/mol. The fourth-order valence-electron chi connectivity index (χ4n) is 2.72. The molecule has 0 unspecified atom stereocenters. The van der Waals surface area contributed by atoms with Gasteiger partial charge in [-0.05, 0) is 24.3 Å². The number of benzene rings is 1. The summed E-state index contributed by atoms with van der Waals surface area (Å²) in [4.78, 5) is 16.5. The number of nitrogens with one attached hydrogen (secondary N) is 1. The maximum Gasteiger partial charge on any atom is 0.290 e. The molecule has 4 heterocycles. The van der Waals surface area contributed by atoms with E-state index in [2.05, 4.69) is 25.4 Å². The number of thioether (sulfide) groups is 1. The summed E-state index contributed by atoms with van der Waals surface area (Å²) in [5.74, 6) is 1.70. The van der Waals surface area contributed by atoms with Crippen LogP contribution in [0.4, 0.5) is 0 Å². The van der Waals surface area contributed by atoms with Crippen molar-refractivity contribution in [3.8, 4) is 22.8 Å². The normalized spacial score (nSPS) is 11.3. The zero-order valence-corrected chi connectivity index (χ0v) is 16.1. The van der Waals surface area contributed by atoms with E-state index >= 15 is 0 Å². The summed E-state index contributed by atoms with van der Waals surface area (Å²) in [5.41, 5.74) is 1.23. The topological polar surface area (TPSA) is 115 Å². The lowest BCUT2D eigenvalue weighted by Gasteiger charge is -2.00. The summed E-state index contributed by atoms with van der Waals surface area (Å²) >= 11 is 7.47. The Kier molecular flexibility index (Phi) is 4.41. The number of furan rings is 1. The van der Waals surface area contributed by atoms with Gasteiger partial charge in [-0.25, -0.2) is 9.61 Å². The molecule has 0 spiro atoms. The Balaban J connectivity index is 1.42. The maximum atomic E-state index is 12.1. The molecule has 11 heteroatoms. The van der Waals surface area contributed by atoms with Crippen LogP contribution in [0.25, 0.3) is 28.4 Å². The van der Waals surface area contributed by atoms with Crippen molar-refractivity contribution in [2.75, 3.05) is 0 Å². The molecular formula is C18H11ClN6O3S. The Bertz CT molecular complexity index is 1360. The highest BCUT2D eigenvalue weighted by Crippen LogP contribution is 2.27. The van der Waals surface area contributed by atoms with E-state index < -0.39 is 0 Å². The molecule has 0 aliphatic rings. The van der Waals surface area contributed by atoms with Crippen molar-refractivity contribution >= 4 is 28.9 Å². The van der Waals surface area contributed by atoms with Gasteiger partial charge in [0.1, 0.15) is 11.2 Å². The predicted octanol–water partition coefficient (Wildman–Crippen LogP) is 3.67. The summed E-state index contributed by atoms with van der Waals surface area (Å²) in [6, 6.07) is 12.4. The van der Waals surface area contributed by atoms with Crippen molar-refractivity contribution in [3.05, 3.63) is 70.0 Å². The van der Waals surface area contributed by atoms with Gasteiger partial charge in [0.2, 0.25) is 16.9 Å². The number of aromatic nitrogens is 6. The van der Waals surface area contributed by atoms with Crippen LogP contribution in [0.2, 0.25) is 5.02 Å². The minimum absolute atomic E-state index is 0.335. The van der Waals surface area contributed by atoms with Gasteiger partial charge in [0, 0.05) is 11.6 Å². The van der Waals surface area contributed by atoms with Gasteiger partial charge in [-0.2, -0.15) is 10.1 Å². The van der Waals surface area contributed by atoms with Crippen LogP contribution in [0, 0.1) is 0 Å².